The van der Waals surface area contributed by atoms with Gasteiger partial charge in [0.15, 0.2) is 6.61 Å². The molecule has 144 valence electrons. The summed E-state index contributed by atoms with van der Waals surface area (Å²) >= 11 is 5.82. The van der Waals surface area contributed by atoms with Crippen LogP contribution in [0.2, 0.25) is 5.02 Å². The van der Waals surface area contributed by atoms with Gasteiger partial charge in [-0.1, -0.05) is 35.9 Å². The van der Waals surface area contributed by atoms with Gasteiger partial charge < -0.3 is 10.1 Å². The van der Waals surface area contributed by atoms with Gasteiger partial charge in [-0.05, 0) is 49.8 Å². The van der Waals surface area contributed by atoms with Crippen LogP contribution in [0.5, 0.6) is 0 Å². The molecule has 1 heterocycles. The van der Waals surface area contributed by atoms with Crippen molar-refractivity contribution >= 4 is 46.8 Å². The van der Waals surface area contributed by atoms with Gasteiger partial charge in [0, 0.05) is 11.1 Å². The number of para-hydroxylation sites is 2. The van der Waals surface area contributed by atoms with Crippen LogP contribution >= 0.6 is 11.6 Å². The predicted molar refractivity (Wildman–Crippen MR) is 108 cm³/mol. The van der Waals surface area contributed by atoms with Crippen LogP contribution in [0.3, 0.4) is 0 Å². The maximum absolute atomic E-state index is 12.8. The normalized spacial score (nSPS) is 15.1. The molecule has 0 bridgehead atoms. The third kappa shape index (κ3) is 4.07. The van der Waals surface area contributed by atoms with Crippen LogP contribution in [0.25, 0.3) is 6.08 Å². The SMILES string of the molecule is CC1(C)C(=O)Nc2ccccc2N1C(=O)COC(=O)/C=C/c1ccc(Cl)cc1. The molecular formula is C21H19ClN2O4. The zero-order valence-corrected chi connectivity index (χ0v) is 16.2. The monoisotopic (exact) mass is 398 g/mol. The molecule has 0 unspecified atom stereocenters. The van der Waals surface area contributed by atoms with Gasteiger partial charge in [0.05, 0.1) is 11.4 Å². The van der Waals surface area contributed by atoms with E-state index in [1.165, 1.54) is 11.0 Å². The Labute approximate surface area is 167 Å². The van der Waals surface area contributed by atoms with Crippen molar-refractivity contribution in [2.24, 2.45) is 0 Å². The van der Waals surface area contributed by atoms with Crippen LogP contribution in [0.15, 0.2) is 54.6 Å². The highest BCUT2D eigenvalue weighted by molar-refractivity contribution is 6.30. The Kier molecular flexibility index (Phi) is 5.51. The summed E-state index contributed by atoms with van der Waals surface area (Å²) in [5.74, 6) is -1.45. The van der Waals surface area contributed by atoms with Crippen molar-refractivity contribution in [1.82, 2.24) is 0 Å². The average molecular weight is 399 g/mol. The smallest absolute Gasteiger partial charge is 0.331 e. The minimum absolute atomic E-state index is 0.312. The summed E-state index contributed by atoms with van der Waals surface area (Å²) in [5.41, 5.74) is 0.756. The Balaban J connectivity index is 1.69. The molecule has 0 saturated carbocycles. The van der Waals surface area contributed by atoms with Crippen molar-refractivity contribution in [3.63, 3.8) is 0 Å². The first-order valence-corrected chi connectivity index (χ1v) is 9.01. The molecular weight excluding hydrogens is 380 g/mol. The molecule has 3 rings (SSSR count). The average Bonchev–Trinajstić information content (AvgIpc) is 2.66. The van der Waals surface area contributed by atoms with Crippen molar-refractivity contribution < 1.29 is 19.1 Å². The van der Waals surface area contributed by atoms with E-state index in [1.807, 2.05) is 0 Å². The molecule has 0 aromatic heterocycles. The molecule has 1 aliphatic heterocycles. The first-order chi connectivity index (χ1) is 13.3. The number of fused-ring (bicyclic) bond motifs is 1. The van der Waals surface area contributed by atoms with Gasteiger partial charge in [-0.25, -0.2) is 4.79 Å². The summed E-state index contributed by atoms with van der Waals surface area (Å²) in [6.45, 7) is 2.80. The van der Waals surface area contributed by atoms with Gasteiger partial charge in [0.2, 0.25) is 5.91 Å². The lowest BCUT2D eigenvalue weighted by atomic mass is 9.96. The van der Waals surface area contributed by atoms with Gasteiger partial charge in [-0.15, -0.1) is 0 Å². The number of anilines is 2. The Morgan fingerprint density at radius 2 is 1.82 bits per heavy atom. The van der Waals surface area contributed by atoms with Crippen LogP contribution in [0.1, 0.15) is 19.4 Å². The van der Waals surface area contributed by atoms with E-state index in [-0.39, 0.29) is 5.91 Å². The third-order valence-corrected chi connectivity index (χ3v) is 4.63. The molecule has 2 aromatic rings. The van der Waals surface area contributed by atoms with Crippen molar-refractivity contribution in [2.75, 3.05) is 16.8 Å². The standard InChI is InChI=1S/C21H19ClN2O4/c1-21(2)20(27)23-16-5-3-4-6-17(16)24(21)18(25)13-28-19(26)12-9-14-7-10-15(22)11-8-14/h3-12H,13H2,1-2H3,(H,23,27)/b12-9+. The summed E-state index contributed by atoms with van der Waals surface area (Å²) in [6.07, 6.45) is 2.80. The Morgan fingerprint density at radius 3 is 2.54 bits per heavy atom. The topological polar surface area (TPSA) is 75.7 Å². The van der Waals surface area contributed by atoms with Crippen LogP contribution in [-0.4, -0.2) is 29.9 Å². The highest BCUT2D eigenvalue weighted by atomic mass is 35.5. The van der Waals surface area contributed by atoms with Crippen LogP contribution in [-0.2, 0) is 19.1 Å². The Morgan fingerprint density at radius 1 is 1.14 bits per heavy atom. The summed E-state index contributed by atoms with van der Waals surface area (Å²) in [4.78, 5) is 38.5. The molecule has 6 nitrogen and oxygen atoms in total. The van der Waals surface area contributed by atoms with E-state index in [2.05, 4.69) is 5.32 Å². The van der Waals surface area contributed by atoms with E-state index in [4.69, 9.17) is 16.3 Å². The maximum Gasteiger partial charge on any atom is 0.331 e. The fourth-order valence-electron chi connectivity index (χ4n) is 2.88. The first kappa shape index (κ1) is 19.6. The van der Waals surface area contributed by atoms with Gasteiger partial charge in [0.1, 0.15) is 5.54 Å². The van der Waals surface area contributed by atoms with Crippen molar-refractivity contribution in [2.45, 2.75) is 19.4 Å². The number of carbonyl (C=O) groups is 3. The molecule has 28 heavy (non-hydrogen) atoms. The lowest BCUT2D eigenvalue weighted by Crippen LogP contribution is -2.59. The first-order valence-electron chi connectivity index (χ1n) is 8.63. The van der Waals surface area contributed by atoms with E-state index in [0.717, 1.165) is 5.56 Å². The third-order valence-electron chi connectivity index (χ3n) is 4.38. The molecule has 2 amide bonds. The molecule has 1 N–H and O–H groups in total. The summed E-state index contributed by atoms with van der Waals surface area (Å²) in [7, 11) is 0. The van der Waals surface area contributed by atoms with Crippen molar-refractivity contribution in [3.8, 4) is 0 Å². The number of ether oxygens (including phenoxy) is 1. The number of nitrogens with zero attached hydrogens (tertiary/aromatic N) is 1. The van der Waals surface area contributed by atoms with Crippen LogP contribution in [0, 0.1) is 0 Å². The Bertz CT molecular complexity index is 951. The van der Waals surface area contributed by atoms with Gasteiger partial charge >= 0.3 is 5.97 Å². The van der Waals surface area contributed by atoms with Crippen molar-refractivity contribution in [1.29, 1.82) is 0 Å². The predicted octanol–water partition coefficient (Wildman–Crippen LogP) is 3.66. The number of amides is 2. The zero-order chi connectivity index (χ0) is 20.3. The molecule has 1 aliphatic rings. The minimum atomic E-state index is -1.11. The zero-order valence-electron chi connectivity index (χ0n) is 15.4. The number of esters is 1. The molecule has 0 spiro atoms. The van der Waals surface area contributed by atoms with Crippen LogP contribution in [0.4, 0.5) is 11.4 Å². The molecule has 0 aliphatic carbocycles. The lowest BCUT2D eigenvalue weighted by molar-refractivity contribution is -0.143. The summed E-state index contributed by atoms with van der Waals surface area (Å²) in [6, 6.07) is 13.9. The second-order valence-corrected chi connectivity index (χ2v) is 7.19. The largest absolute Gasteiger partial charge is 0.452 e. The van der Waals surface area contributed by atoms with E-state index in [0.29, 0.717) is 16.4 Å². The van der Waals surface area contributed by atoms with E-state index >= 15 is 0 Å². The van der Waals surface area contributed by atoms with Gasteiger partial charge in [-0.2, -0.15) is 0 Å². The fourth-order valence-corrected chi connectivity index (χ4v) is 3.01. The molecule has 7 heteroatoms. The highest BCUT2D eigenvalue weighted by Crippen LogP contribution is 2.36. The quantitative estimate of drug-likeness (QED) is 0.630. The lowest BCUT2D eigenvalue weighted by Gasteiger charge is -2.41. The summed E-state index contributed by atoms with van der Waals surface area (Å²) < 4.78 is 5.07. The maximum atomic E-state index is 12.8. The number of hydrogen-bond acceptors (Lipinski definition) is 4. The molecule has 0 saturated heterocycles. The minimum Gasteiger partial charge on any atom is -0.452 e. The molecule has 0 atom stereocenters. The number of rotatable bonds is 4. The number of hydrogen-bond donors (Lipinski definition) is 1. The molecule has 0 radical (unpaired) electrons. The van der Waals surface area contributed by atoms with Crippen LogP contribution < -0.4 is 10.2 Å². The number of carbonyl (C=O) groups excluding carboxylic acids is 3. The summed E-state index contributed by atoms with van der Waals surface area (Å²) in [5, 5.41) is 3.38. The fraction of sp³-hybridized carbons (Fsp3) is 0.190. The Hall–Kier alpha value is -3.12. The molecule has 0 fully saturated rings. The van der Waals surface area contributed by atoms with Gasteiger partial charge in [-0.3, -0.25) is 14.5 Å². The van der Waals surface area contributed by atoms with E-state index < -0.39 is 24.0 Å². The van der Waals surface area contributed by atoms with E-state index in [1.54, 1.807) is 68.5 Å². The van der Waals surface area contributed by atoms with E-state index in [9.17, 15) is 14.4 Å². The second-order valence-electron chi connectivity index (χ2n) is 6.75. The van der Waals surface area contributed by atoms with Crippen molar-refractivity contribution in [3.05, 3.63) is 65.2 Å². The number of nitrogens with one attached hydrogen (secondary N) is 1. The molecule has 2 aromatic carbocycles. The number of halogens is 1. The highest BCUT2D eigenvalue weighted by Gasteiger charge is 2.43. The second kappa shape index (κ2) is 7.86. The van der Waals surface area contributed by atoms with Gasteiger partial charge in [0.25, 0.3) is 5.91 Å². The number of benzene rings is 2.